The summed E-state index contributed by atoms with van der Waals surface area (Å²) in [5.41, 5.74) is 1.65. The van der Waals surface area contributed by atoms with Crippen molar-refractivity contribution in [3.8, 4) is 0 Å². The van der Waals surface area contributed by atoms with Crippen molar-refractivity contribution >= 4 is 39.5 Å². The molecule has 0 unspecified atom stereocenters. The Morgan fingerprint density at radius 3 is 2.82 bits per heavy atom. The molecule has 164 valence electrons. The highest BCUT2D eigenvalue weighted by Crippen LogP contribution is 2.29. The highest BCUT2D eigenvalue weighted by Gasteiger charge is 2.17. The first-order valence-corrected chi connectivity index (χ1v) is 11.2. The van der Waals surface area contributed by atoms with Gasteiger partial charge in [-0.25, -0.2) is 14.6 Å². The number of carbonyl (C=O) groups excluding carboxylic acids is 1. The van der Waals surface area contributed by atoms with Gasteiger partial charge in [-0.05, 0) is 35.9 Å². The largest absolute Gasteiger partial charge is 0.457 e. The van der Waals surface area contributed by atoms with Crippen molar-refractivity contribution < 1.29 is 18.5 Å². The molecule has 0 saturated carbocycles. The summed E-state index contributed by atoms with van der Waals surface area (Å²) in [6.45, 7) is 1.75. The SMILES string of the molecule is Cc1cc(CSc2ncccc2C(=O)OCc2cc(=O)oc3ccc4ccccc4c23)no1. The lowest BCUT2D eigenvalue weighted by Crippen LogP contribution is -2.09. The summed E-state index contributed by atoms with van der Waals surface area (Å²) in [6.07, 6.45) is 1.62. The van der Waals surface area contributed by atoms with E-state index in [-0.39, 0.29) is 6.61 Å². The molecule has 0 atom stereocenters. The summed E-state index contributed by atoms with van der Waals surface area (Å²) in [5.74, 6) is 0.701. The Morgan fingerprint density at radius 1 is 1.09 bits per heavy atom. The van der Waals surface area contributed by atoms with Crippen LogP contribution in [0.4, 0.5) is 0 Å². The van der Waals surface area contributed by atoms with E-state index in [9.17, 15) is 9.59 Å². The van der Waals surface area contributed by atoms with Crippen molar-refractivity contribution in [1.29, 1.82) is 0 Å². The van der Waals surface area contributed by atoms with Gasteiger partial charge in [-0.3, -0.25) is 0 Å². The summed E-state index contributed by atoms with van der Waals surface area (Å²) in [5, 5.41) is 7.17. The van der Waals surface area contributed by atoms with Crippen LogP contribution in [0.15, 0.2) is 85.6 Å². The molecule has 3 aromatic heterocycles. The number of carbonyl (C=O) groups is 1. The maximum Gasteiger partial charge on any atom is 0.341 e. The highest BCUT2D eigenvalue weighted by atomic mass is 32.2. The van der Waals surface area contributed by atoms with Crippen LogP contribution >= 0.6 is 11.8 Å². The Labute approximate surface area is 192 Å². The number of hydrogen-bond donors (Lipinski definition) is 0. The third-order valence-electron chi connectivity index (χ3n) is 5.10. The molecule has 0 radical (unpaired) electrons. The second-order valence-corrected chi connectivity index (χ2v) is 8.36. The van der Waals surface area contributed by atoms with Crippen LogP contribution in [-0.4, -0.2) is 16.1 Å². The first-order valence-electron chi connectivity index (χ1n) is 10.2. The lowest BCUT2D eigenvalue weighted by molar-refractivity contribution is 0.0468. The second-order valence-electron chi connectivity index (χ2n) is 7.40. The fourth-order valence-electron chi connectivity index (χ4n) is 3.64. The lowest BCUT2D eigenvalue weighted by atomic mass is 10.0. The molecule has 8 heteroatoms. The van der Waals surface area contributed by atoms with Gasteiger partial charge in [-0.1, -0.05) is 47.3 Å². The predicted molar refractivity (Wildman–Crippen MR) is 124 cm³/mol. The van der Waals surface area contributed by atoms with Gasteiger partial charge in [0.05, 0.1) is 11.3 Å². The number of rotatable bonds is 6. The Hall–Kier alpha value is -3.91. The molecule has 0 fully saturated rings. The van der Waals surface area contributed by atoms with Crippen molar-refractivity contribution in [1.82, 2.24) is 10.1 Å². The highest BCUT2D eigenvalue weighted by molar-refractivity contribution is 7.98. The van der Waals surface area contributed by atoms with E-state index in [0.717, 1.165) is 27.6 Å². The quantitative estimate of drug-likeness (QED) is 0.147. The molecule has 0 N–H and O–H groups in total. The van der Waals surface area contributed by atoms with Crippen LogP contribution in [0.3, 0.4) is 0 Å². The van der Waals surface area contributed by atoms with Crippen LogP contribution in [0.1, 0.15) is 27.4 Å². The minimum Gasteiger partial charge on any atom is -0.457 e. The monoisotopic (exact) mass is 458 g/mol. The molecule has 5 aromatic rings. The summed E-state index contributed by atoms with van der Waals surface area (Å²) in [6, 6.07) is 18.0. The van der Waals surface area contributed by atoms with Crippen molar-refractivity contribution in [2.75, 3.05) is 0 Å². The fraction of sp³-hybridized carbons (Fsp3) is 0.120. The van der Waals surface area contributed by atoms with Gasteiger partial charge in [0, 0.05) is 35.0 Å². The Morgan fingerprint density at radius 2 is 1.97 bits per heavy atom. The zero-order valence-corrected chi connectivity index (χ0v) is 18.4. The number of nitrogens with zero attached hydrogens (tertiary/aromatic N) is 2. The number of aromatic nitrogens is 2. The van der Waals surface area contributed by atoms with E-state index >= 15 is 0 Å². The van der Waals surface area contributed by atoms with Crippen LogP contribution in [0.2, 0.25) is 0 Å². The van der Waals surface area contributed by atoms with E-state index in [1.807, 2.05) is 43.3 Å². The van der Waals surface area contributed by atoms with Crippen LogP contribution in [0.25, 0.3) is 21.7 Å². The normalized spacial score (nSPS) is 11.2. The van der Waals surface area contributed by atoms with Crippen molar-refractivity contribution in [2.45, 2.75) is 24.3 Å². The predicted octanol–water partition coefficient (Wildman–Crippen LogP) is 5.29. The standard InChI is InChI=1S/C25H18N2O5S/c1-15-11-18(27-32-15)14-33-24-20(7-4-10-26-24)25(29)30-13-17-12-22(28)31-21-9-8-16-5-2-3-6-19(16)23(17)21/h2-12H,13-14H2,1H3. The van der Waals surface area contributed by atoms with Gasteiger partial charge in [-0.2, -0.15) is 0 Å². The third-order valence-corrected chi connectivity index (χ3v) is 6.14. The molecule has 0 aliphatic heterocycles. The van der Waals surface area contributed by atoms with Gasteiger partial charge in [0.1, 0.15) is 23.0 Å². The molecule has 0 bridgehead atoms. The van der Waals surface area contributed by atoms with Gasteiger partial charge in [-0.15, -0.1) is 0 Å². The van der Waals surface area contributed by atoms with Crippen LogP contribution in [0.5, 0.6) is 0 Å². The van der Waals surface area contributed by atoms with Crippen molar-refractivity contribution in [3.05, 3.63) is 99.9 Å². The zero-order valence-electron chi connectivity index (χ0n) is 17.6. The molecular weight excluding hydrogens is 440 g/mol. The van der Waals surface area contributed by atoms with E-state index in [1.54, 1.807) is 24.4 Å². The zero-order chi connectivity index (χ0) is 22.8. The second kappa shape index (κ2) is 8.91. The van der Waals surface area contributed by atoms with Gasteiger partial charge >= 0.3 is 11.6 Å². The Bertz CT molecular complexity index is 1540. The summed E-state index contributed by atoms with van der Waals surface area (Å²) in [7, 11) is 0. The molecular formula is C25H18N2O5S. The number of benzene rings is 2. The molecule has 0 aliphatic rings. The summed E-state index contributed by atoms with van der Waals surface area (Å²) < 4.78 is 16.1. The molecule has 0 saturated heterocycles. The average molecular weight is 458 g/mol. The Kier molecular flexibility index (Phi) is 5.66. The first kappa shape index (κ1) is 21.0. The summed E-state index contributed by atoms with van der Waals surface area (Å²) >= 11 is 1.37. The number of fused-ring (bicyclic) bond motifs is 3. The molecule has 33 heavy (non-hydrogen) atoms. The van der Waals surface area contributed by atoms with Gasteiger partial charge in [0.25, 0.3) is 0 Å². The van der Waals surface area contributed by atoms with Gasteiger partial charge in [0.15, 0.2) is 0 Å². The number of esters is 1. The van der Waals surface area contributed by atoms with Gasteiger partial charge in [0.2, 0.25) is 0 Å². The number of thioether (sulfide) groups is 1. The third kappa shape index (κ3) is 4.38. The lowest BCUT2D eigenvalue weighted by Gasteiger charge is -2.11. The minimum absolute atomic E-state index is 0.0730. The topological polar surface area (TPSA) is 95.4 Å². The maximum absolute atomic E-state index is 12.9. The van der Waals surface area contributed by atoms with Crippen molar-refractivity contribution in [3.63, 3.8) is 0 Å². The molecule has 0 amide bonds. The smallest absolute Gasteiger partial charge is 0.341 e. The fourth-order valence-corrected chi connectivity index (χ4v) is 4.51. The molecule has 2 aromatic carbocycles. The van der Waals surface area contributed by atoms with Crippen molar-refractivity contribution in [2.24, 2.45) is 0 Å². The molecule has 5 rings (SSSR count). The van der Waals surface area contributed by atoms with E-state index in [2.05, 4.69) is 10.1 Å². The average Bonchev–Trinajstić information content (AvgIpc) is 3.25. The number of hydrogen-bond acceptors (Lipinski definition) is 8. The van der Waals surface area contributed by atoms with E-state index in [4.69, 9.17) is 13.7 Å². The number of ether oxygens (including phenoxy) is 1. The number of aryl methyl sites for hydroxylation is 1. The van der Waals surface area contributed by atoms with Crippen LogP contribution < -0.4 is 5.63 Å². The van der Waals surface area contributed by atoms with Crippen LogP contribution in [-0.2, 0) is 17.1 Å². The minimum atomic E-state index is -0.524. The first-order chi connectivity index (χ1) is 16.1. The molecule has 7 nitrogen and oxygen atoms in total. The van der Waals surface area contributed by atoms with Crippen LogP contribution in [0, 0.1) is 6.92 Å². The maximum atomic E-state index is 12.9. The van der Waals surface area contributed by atoms with E-state index in [0.29, 0.717) is 27.5 Å². The molecule has 0 spiro atoms. The molecule has 0 aliphatic carbocycles. The Balaban J connectivity index is 1.41. The van der Waals surface area contributed by atoms with E-state index < -0.39 is 11.6 Å². The summed E-state index contributed by atoms with van der Waals surface area (Å²) in [4.78, 5) is 29.3. The van der Waals surface area contributed by atoms with E-state index in [1.165, 1.54) is 17.8 Å². The van der Waals surface area contributed by atoms with Gasteiger partial charge < -0.3 is 13.7 Å². The molecule has 3 heterocycles. The number of pyridine rings is 1.